The first-order valence-corrected chi connectivity index (χ1v) is 9.77. The van der Waals surface area contributed by atoms with E-state index in [2.05, 4.69) is 37.0 Å². The lowest BCUT2D eigenvalue weighted by Gasteiger charge is -2.55. The maximum absolute atomic E-state index is 6.11. The molecule has 1 aromatic carbocycles. The molecule has 1 saturated carbocycles. The molecule has 130 valence electrons. The van der Waals surface area contributed by atoms with Crippen LogP contribution in [-0.2, 0) is 6.42 Å². The molecular formula is C22H32N2. The first-order chi connectivity index (χ1) is 11.5. The van der Waals surface area contributed by atoms with E-state index in [9.17, 15) is 0 Å². The second kappa shape index (κ2) is 6.22. The number of benzene rings is 1. The molecule has 1 saturated heterocycles. The number of allylic oxidation sites excluding steroid dienone is 1. The highest BCUT2D eigenvalue weighted by Gasteiger charge is 2.49. The highest BCUT2D eigenvalue weighted by molar-refractivity contribution is 5.46. The third-order valence-corrected chi connectivity index (χ3v) is 7.19. The Morgan fingerprint density at radius 1 is 1.17 bits per heavy atom. The number of rotatable bonds is 4. The Morgan fingerprint density at radius 3 is 2.54 bits per heavy atom. The van der Waals surface area contributed by atoms with Gasteiger partial charge < -0.3 is 5.73 Å². The number of piperidine rings is 1. The molecule has 2 fully saturated rings. The van der Waals surface area contributed by atoms with E-state index in [1.165, 1.54) is 50.9 Å². The van der Waals surface area contributed by atoms with Gasteiger partial charge in [0.25, 0.3) is 0 Å². The van der Waals surface area contributed by atoms with Crippen molar-refractivity contribution in [2.24, 2.45) is 23.2 Å². The third-order valence-electron chi connectivity index (χ3n) is 7.19. The quantitative estimate of drug-likeness (QED) is 0.652. The second-order valence-corrected chi connectivity index (χ2v) is 9.01. The minimum absolute atomic E-state index is 0.576. The van der Waals surface area contributed by atoms with Crippen molar-refractivity contribution >= 4 is 5.69 Å². The summed E-state index contributed by atoms with van der Waals surface area (Å²) in [5.41, 5.74) is 10.7. The van der Waals surface area contributed by atoms with Crippen LogP contribution in [-0.4, -0.2) is 24.5 Å². The van der Waals surface area contributed by atoms with Crippen molar-refractivity contribution in [3.8, 4) is 0 Å². The van der Waals surface area contributed by atoms with Crippen LogP contribution in [0.15, 0.2) is 35.9 Å². The molecule has 2 bridgehead atoms. The van der Waals surface area contributed by atoms with Crippen LogP contribution in [0.2, 0.25) is 0 Å². The topological polar surface area (TPSA) is 29.3 Å². The van der Waals surface area contributed by atoms with Gasteiger partial charge in [-0.2, -0.15) is 0 Å². The van der Waals surface area contributed by atoms with Crippen molar-refractivity contribution in [2.75, 3.05) is 25.4 Å². The van der Waals surface area contributed by atoms with E-state index < -0.39 is 0 Å². The molecule has 5 rings (SSSR count). The summed E-state index contributed by atoms with van der Waals surface area (Å²) in [5.74, 6) is 2.60. The van der Waals surface area contributed by atoms with Crippen LogP contribution in [0.3, 0.4) is 0 Å². The molecule has 1 aliphatic heterocycles. The zero-order valence-electron chi connectivity index (χ0n) is 15.3. The lowest BCUT2D eigenvalue weighted by molar-refractivity contribution is -0.00323. The number of anilines is 1. The van der Waals surface area contributed by atoms with E-state index >= 15 is 0 Å². The van der Waals surface area contributed by atoms with Crippen molar-refractivity contribution < 1.29 is 0 Å². The fraction of sp³-hybridized carbons (Fsp3) is 0.636. The van der Waals surface area contributed by atoms with E-state index in [1.54, 1.807) is 5.57 Å². The van der Waals surface area contributed by atoms with Crippen LogP contribution < -0.4 is 5.73 Å². The smallest absolute Gasteiger partial charge is 0.0346 e. The van der Waals surface area contributed by atoms with Crippen LogP contribution >= 0.6 is 0 Å². The van der Waals surface area contributed by atoms with Crippen molar-refractivity contribution in [1.29, 1.82) is 0 Å². The highest BCUT2D eigenvalue weighted by Crippen LogP contribution is 2.58. The second-order valence-electron chi connectivity index (χ2n) is 9.01. The molecular weight excluding hydrogens is 292 g/mol. The van der Waals surface area contributed by atoms with Crippen LogP contribution in [0.25, 0.3) is 0 Å². The molecule has 0 unspecified atom stereocenters. The minimum atomic E-state index is 0.576. The normalized spacial score (nSPS) is 29.8. The standard InChI is InChI=1S/C22H32N2/c1-22(2)19-12-17(13-20(22)14-19)15-24-9-7-16(8-10-24)11-18-5-3-4-6-21(18)23/h3-6,12,16,19-20H,7-11,13-15,23H2,1-2H3/t19-,20+/m0/s1. The Morgan fingerprint density at radius 2 is 1.92 bits per heavy atom. The van der Waals surface area contributed by atoms with Gasteiger partial charge in [-0.25, -0.2) is 0 Å². The molecule has 4 aliphatic rings. The maximum Gasteiger partial charge on any atom is 0.0346 e. The fourth-order valence-electron chi connectivity index (χ4n) is 5.14. The Labute approximate surface area is 147 Å². The SMILES string of the molecule is CC1(C)[C@@H]2CC(CN3CCC(Cc4ccccc4N)CC3)=C[C@H]1C2. The van der Waals surface area contributed by atoms with E-state index in [0.29, 0.717) is 5.41 Å². The summed E-state index contributed by atoms with van der Waals surface area (Å²) in [6, 6.07) is 8.38. The Balaban J connectivity index is 1.27. The van der Waals surface area contributed by atoms with Crippen LogP contribution in [0, 0.1) is 23.2 Å². The number of nitrogens with zero attached hydrogens (tertiary/aromatic N) is 1. The molecule has 0 aromatic heterocycles. The Bertz CT molecular complexity index is 623. The van der Waals surface area contributed by atoms with E-state index in [1.807, 2.05) is 12.1 Å². The lowest BCUT2D eigenvalue weighted by atomic mass is 9.50. The molecule has 2 nitrogen and oxygen atoms in total. The molecule has 2 N–H and O–H groups in total. The van der Waals surface area contributed by atoms with E-state index in [-0.39, 0.29) is 0 Å². The maximum atomic E-state index is 6.11. The Hall–Kier alpha value is -1.28. The van der Waals surface area contributed by atoms with E-state index in [0.717, 1.165) is 29.9 Å². The first-order valence-electron chi connectivity index (χ1n) is 9.77. The van der Waals surface area contributed by atoms with Gasteiger partial charge in [0.1, 0.15) is 0 Å². The number of nitrogen functional groups attached to an aromatic ring is 1. The monoisotopic (exact) mass is 324 g/mol. The summed E-state index contributed by atoms with van der Waals surface area (Å²) >= 11 is 0. The largest absolute Gasteiger partial charge is 0.399 e. The number of fused-ring (bicyclic) bond motifs is 1. The number of nitrogens with two attached hydrogens (primary N) is 1. The summed E-state index contributed by atoms with van der Waals surface area (Å²) in [7, 11) is 0. The number of likely N-dealkylation sites (tertiary alicyclic amines) is 1. The summed E-state index contributed by atoms with van der Waals surface area (Å²) in [5, 5.41) is 0. The average Bonchev–Trinajstić information content (AvgIpc) is 2.59. The zero-order valence-corrected chi connectivity index (χ0v) is 15.3. The van der Waals surface area contributed by atoms with Gasteiger partial charge in [0.15, 0.2) is 0 Å². The predicted molar refractivity (Wildman–Crippen MR) is 102 cm³/mol. The molecule has 0 amide bonds. The van der Waals surface area contributed by atoms with Crippen LogP contribution in [0.1, 0.15) is 45.1 Å². The number of hydrogen-bond donors (Lipinski definition) is 1. The lowest BCUT2D eigenvalue weighted by Crippen LogP contribution is -2.48. The fourth-order valence-corrected chi connectivity index (χ4v) is 5.14. The zero-order chi connectivity index (χ0) is 16.7. The number of hydrogen-bond acceptors (Lipinski definition) is 2. The molecule has 1 heterocycles. The van der Waals surface area contributed by atoms with Gasteiger partial charge >= 0.3 is 0 Å². The summed E-state index contributed by atoms with van der Waals surface area (Å²) in [4.78, 5) is 2.69. The molecule has 24 heavy (non-hydrogen) atoms. The summed E-state index contributed by atoms with van der Waals surface area (Å²) in [6.07, 6.45) is 9.21. The van der Waals surface area contributed by atoms with E-state index in [4.69, 9.17) is 5.73 Å². The van der Waals surface area contributed by atoms with Crippen molar-refractivity contribution in [2.45, 2.75) is 46.0 Å². The predicted octanol–water partition coefficient (Wildman–Crippen LogP) is 4.52. The van der Waals surface area contributed by atoms with Crippen LogP contribution in [0.5, 0.6) is 0 Å². The third kappa shape index (κ3) is 3.01. The summed E-state index contributed by atoms with van der Waals surface area (Å²) in [6.45, 7) is 8.66. The average molecular weight is 325 g/mol. The van der Waals surface area contributed by atoms with Gasteiger partial charge in [0.2, 0.25) is 0 Å². The Kier molecular flexibility index (Phi) is 4.20. The number of para-hydroxylation sites is 1. The molecule has 0 radical (unpaired) electrons. The van der Waals surface area contributed by atoms with Gasteiger partial charge in [-0.05, 0) is 80.0 Å². The van der Waals surface area contributed by atoms with Gasteiger partial charge in [-0.15, -0.1) is 0 Å². The molecule has 2 heteroatoms. The highest BCUT2D eigenvalue weighted by atomic mass is 15.1. The van der Waals surface area contributed by atoms with Crippen molar-refractivity contribution in [3.63, 3.8) is 0 Å². The molecule has 3 aliphatic carbocycles. The van der Waals surface area contributed by atoms with Gasteiger partial charge in [0.05, 0.1) is 0 Å². The summed E-state index contributed by atoms with van der Waals surface area (Å²) < 4.78 is 0. The van der Waals surface area contributed by atoms with Crippen molar-refractivity contribution in [1.82, 2.24) is 4.90 Å². The molecule has 0 spiro atoms. The molecule has 2 atom stereocenters. The first kappa shape index (κ1) is 16.2. The minimum Gasteiger partial charge on any atom is -0.399 e. The van der Waals surface area contributed by atoms with Gasteiger partial charge in [-0.1, -0.05) is 43.7 Å². The molecule has 1 aromatic rings. The van der Waals surface area contributed by atoms with Crippen molar-refractivity contribution in [3.05, 3.63) is 41.5 Å². The van der Waals surface area contributed by atoms with Gasteiger partial charge in [0, 0.05) is 12.2 Å². The van der Waals surface area contributed by atoms with Gasteiger partial charge in [-0.3, -0.25) is 4.90 Å². The van der Waals surface area contributed by atoms with Crippen LogP contribution in [0.4, 0.5) is 5.69 Å².